The number of aliphatic hydroxyl groups is 3. The number of hydrogen-bond donors (Lipinski definition) is 3. The molecule has 4 nitrogen and oxygen atoms in total. The molecule has 18 atom stereocenters. The SMILES string of the molecule is C[C@@H]1CC[C@H]2N(CC3[C@@H]4[C@H](CC[C@H]3[C@@]2(O)[C@H]2CCC[C@]3(CC[C@@H](Cc5ccccc5)C3)C2)[C@H]2C[C@H](O)[C@@H]3C[C@@H](O)C[C@@H]5CCC[C@@H]4[C@@H]2[C@@]53C)C1. The van der Waals surface area contributed by atoms with Crippen LogP contribution in [-0.4, -0.2) is 57.2 Å². The molecule has 2 aliphatic heterocycles. The fraction of sp³-hybridized carbons (Fsp3) is 0.870. The maximum atomic E-state index is 13.9. The summed E-state index contributed by atoms with van der Waals surface area (Å²) in [6.45, 7) is 7.48. The van der Waals surface area contributed by atoms with E-state index in [0.29, 0.717) is 52.9 Å². The van der Waals surface area contributed by atoms with Crippen molar-refractivity contribution in [2.75, 3.05) is 13.1 Å². The summed E-state index contributed by atoms with van der Waals surface area (Å²) in [7, 11) is 0. The van der Waals surface area contributed by atoms with Gasteiger partial charge in [0.15, 0.2) is 0 Å². The molecule has 0 aromatic heterocycles. The molecular weight excluding hydrogens is 615 g/mol. The first-order valence-electron chi connectivity index (χ1n) is 22.0. The maximum absolute atomic E-state index is 13.9. The van der Waals surface area contributed by atoms with Crippen LogP contribution in [0.4, 0.5) is 0 Å². The highest BCUT2D eigenvalue weighted by molar-refractivity contribution is 5.21. The second kappa shape index (κ2) is 12.3. The molecule has 9 aliphatic rings. The van der Waals surface area contributed by atoms with Crippen molar-refractivity contribution in [3.63, 3.8) is 0 Å². The largest absolute Gasteiger partial charge is 0.393 e. The van der Waals surface area contributed by atoms with Gasteiger partial charge in [-0.05, 0) is 190 Å². The van der Waals surface area contributed by atoms with Gasteiger partial charge in [-0.2, -0.15) is 0 Å². The number of benzene rings is 1. The van der Waals surface area contributed by atoms with Crippen LogP contribution in [0.1, 0.15) is 129 Å². The summed E-state index contributed by atoms with van der Waals surface area (Å²) in [4.78, 5) is 2.89. The molecule has 0 amide bonds. The van der Waals surface area contributed by atoms with Crippen LogP contribution in [0.2, 0.25) is 0 Å². The second-order valence-corrected chi connectivity index (χ2v) is 21.1. The molecule has 1 unspecified atom stereocenters. The Hall–Kier alpha value is -0.940. The van der Waals surface area contributed by atoms with Gasteiger partial charge in [-0.15, -0.1) is 0 Å². The van der Waals surface area contributed by atoms with E-state index in [4.69, 9.17) is 0 Å². The van der Waals surface area contributed by atoms with E-state index in [1.54, 1.807) is 0 Å². The fourth-order valence-corrected chi connectivity index (χ4v) is 17.6. The van der Waals surface area contributed by atoms with E-state index in [-0.39, 0.29) is 23.5 Å². The molecule has 0 radical (unpaired) electrons. The number of aliphatic hydroxyl groups excluding tert-OH is 2. The van der Waals surface area contributed by atoms with Crippen molar-refractivity contribution in [3.05, 3.63) is 35.9 Å². The summed E-state index contributed by atoms with van der Waals surface area (Å²) in [5.74, 6) is 7.37. The van der Waals surface area contributed by atoms with Crippen LogP contribution in [0.25, 0.3) is 0 Å². The van der Waals surface area contributed by atoms with Gasteiger partial charge in [-0.1, -0.05) is 57.0 Å². The van der Waals surface area contributed by atoms with Crippen molar-refractivity contribution in [2.45, 2.75) is 153 Å². The lowest BCUT2D eigenvalue weighted by atomic mass is 9.46. The molecular formula is C46H69NO3. The quantitative estimate of drug-likeness (QED) is 0.299. The summed E-state index contributed by atoms with van der Waals surface area (Å²) >= 11 is 0. The summed E-state index contributed by atoms with van der Waals surface area (Å²) < 4.78 is 0. The van der Waals surface area contributed by atoms with Crippen LogP contribution in [0.5, 0.6) is 0 Å². The van der Waals surface area contributed by atoms with Crippen molar-refractivity contribution in [2.24, 2.45) is 81.8 Å². The zero-order valence-electron chi connectivity index (χ0n) is 31.5. The van der Waals surface area contributed by atoms with Gasteiger partial charge >= 0.3 is 0 Å². The minimum atomic E-state index is -0.555. The molecule has 1 aromatic carbocycles. The topological polar surface area (TPSA) is 63.9 Å². The van der Waals surface area contributed by atoms with Crippen LogP contribution in [-0.2, 0) is 6.42 Å². The smallest absolute Gasteiger partial charge is 0.0861 e. The number of nitrogens with zero attached hydrogens (tertiary/aromatic N) is 1. The Morgan fingerprint density at radius 3 is 2.44 bits per heavy atom. The molecule has 50 heavy (non-hydrogen) atoms. The van der Waals surface area contributed by atoms with Gasteiger partial charge in [0.25, 0.3) is 0 Å². The van der Waals surface area contributed by atoms with Crippen LogP contribution in [0.15, 0.2) is 30.3 Å². The summed E-state index contributed by atoms with van der Waals surface area (Å²) in [6, 6.07) is 11.6. The van der Waals surface area contributed by atoms with Crippen molar-refractivity contribution in [1.29, 1.82) is 0 Å². The van der Waals surface area contributed by atoms with Crippen LogP contribution < -0.4 is 0 Å². The lowest BCUT2D eigenvalue weighted by molar-refractivity contribution is -0.223. The maximum Gasteiger partial charge on any atom is 0.0861 e. The van der Waals surface area contributed by atoms with Crippen LogP contribution in [0, 0.1) is 81.8 Å². The Balaban J connectivity index is 0.978. The Bertz CT molecular complexity index is 1400. The van der Waals surface area contributed by atoms with E-state index in [9.17, 15) is 15.3 Å². The highest BCUT2D eigenvalue weighted by atomic mass is 16.3. The Morgan fingerprint density at radius 1 is 0.740 bits per heavy atom. The first-order valence-corrected chi connectivity index (χ1v) is 22.0. The van der Waals surface area contributed by atoms with E-state index in [1.807, 2.05) is 0 Å². The third-order valence-electron chi connectivity index (χ3n) is 19.1. The van der Waals surface area contributed by atoms with Gasteiger partial charge in [0.2, 0.25) is 0 Å². The molecule has 7 saturated carbocycles. The zero-order chi connectivity index (χ0) is 34.0. The molecule has 1 spiro atoms. The fourth-order valence-electron chi connectivity index (χ4n) is 17.6. The van der Waals surface area contributed by atoms with Gasteiger partial charge < -0.3 is 15.3 Å². The Morgan fingerprint density at radius 2 is 1.58 bits per heavy atom. The van der Waals surface area contributed by atoms with Crippen molar-refractivity contribution >= 4 is 0 Å². The number of piperidine rings is 2. The van der Waals surface area contributed by atoms with Gasteiger partial charge in [0.1, 0.15) is 0 Å². The summed E-state index contributed by atoms with van der Waals surface area (Å²) in [6.07, 6.45) is 21.7. The Kier molecular flexibility index (Phi) is 8.26. The van der Waals surface area contributed by atoms with Gasteiger partial charge in [0.05, 0.1) is 17.8 Å². The molecule has 276 valence electrons. The van der Waals surface area contributed by atoms with Gasteiger partial charge in [-0.25, -0.2) is 0 Å². The molecule has 4 heteroatoms. The minimum absolute atomic E-state index is 0.164. The number of rotatable bonds is 3. The molecule has 10 rings (SSSR count). The lowest BCUT2D eigenvalue weighted by Crippen LogP contribution is -2.71. The highest BCUT2D eigenvalue weighted by Gasteiger charge is 2.71. The molecule has 0 bridgehead atoms. The lowest BCUT2D eigenvalue weighted by Gasteiger charge is -2.64. The standard InChI is InChI=1S/C46H69NO3/c1-28-13-16-41-46(50,32-11-7-18-45(25-32)19-17-30(24-45)20-29-8-4-3-5-9-29)38-15-14-34-36-23-40(49)39-22-33(48)21-31-10-6-12-35(43(36)44(31,39)2)42(34)37(38)27-47(41)26-28/h3-5,8-9,28,30-43,48-50H,6-7,10-27H2,1-2H3/t28-,30+,31+,32+,33+,34-,35+,36-,37?,38-,39+,40+,41-,42-,43+,44+,45-,46+/m1/s1. The van der Waals surface area contributed by atoms with E-state index in [1.165, 1.54) is 115 Å². The average Bonchev–Trinajstić information content (AvgIpc) is 3.59. The minimum Gasteiger partial charge on any atom is -0.393 e. The van der Waals surface area contributed by atoms with Gasteiger partial charge in [-0.3, -0.25) is 4.90 Å². The highest BCUT2D eigenvalue weighted by Crippen LogP contribution is 2.73. The monoisotopic (exact) mass is 684 g/mol. The van der Waals surface area contributed by atoms with E-state index in [0.717, 1.165) is 42.9 Å². The van der Waals surface area contributed by atoms with E-state index >= 15 is 0 Å². The van der Waals surface area contributed by atoms with E-state index < -0.39 is 5.60 Å². The molecule has 3 N–H and O–H groups in total. The molecule has 2 heterocycles. The third kappa shape index (κ3) is 4.95. The first kappa shape index (κ1) is 33.6. The van der Waals surface area contributed by atoms with Crippen molar-refractivity contribution < 1.29 is 15.3 Å². The number of fused-ring (bicyclic) bond motifs is 6. The van der Waals surface area contributed by atoms with Gasteiger partial charge in [0, 0.05) is 19.1 Å². The molecule has 2 saturated heterocycles. The van der Waals surface area contributed by atoms with E-state index in [2.05, 4.69) is 49.1 Å². The Labute approximate surface area is 303 Å². The van der Waals surface area contributed by atoms with Crippen LogP contribution in [0.3, 0.4) is 0 Å². The second-order valence-electron chi connectivity index (χ2n) is 21.1. The van der Waals surface area contributed by atoms with Crippen molar-refractivity contribution in [3.8, 4) is 0 Å². The zero-order valence-corrected chi connectivity index (χ0v) is 31.5. The summed E-state index contributed by atoms with van der Waals surface area (Å²) in [5, 5.41) is 36.8. The number of hydrogen-bond acceptors (Lipinski definition) is 4. The molecule has 9 fully saturated rings. The molecule has 1 aromatic rings. The van der Waals surface area contributed by atoms with Crippen LogP contribution >= 0.6 is 0 Å². The van der Waals surface area contributed by atoms with Crippen molar-refractivity contribution in [1.82, 2.24) is 4.90 Å². The predicted molar refractivity (Wildman–Crippen MR) is 199 cm³/mol. The third-order valence-corrected chi connectivity index (χ3v) is 19.1. The first-order chi connectivity index (χ1) is 24.2. The normalized spacial score (nSPS) is 55.8. The predicted octanol–water partition coefficient (Wildman–Crippen LogP) is 8.51. The summed E-state index contributed by atoms with van der Waals surface area (Å²) in [5.41, 5.74) is 1.57. The molecule has 7 aliphatic carbocycles. The average molecular weight is 684 g/mol.